The molecule has 0 aliphatic carbocycles. The Labute approximate surface area is 104 Å². The van der Waals surface area contributed by atoms with Crippen LogP contribution in [-0.2, 0) is 4.74 Å². The average Bonchev–Trinajstić information content (AvgIpc) is 2.95. The number of methoxy groups -OCH3 is 1. The molecule has 0 aromatic carbocycles. The van der Waals surface area contributed by atoms with E-state index in [9.17, 15) is 9.59 Å². The van der Waals surface area contributed by atoms with E-state index in [4.69, 9.17) is 8.83 Å². The number of hydrogen-bond acceptors (Lipinski definition) is 5. The summed E-state index contributed by atoms with van der Waals surface area (Å²) >= 11 is 3.09. The van der Waals surface area contributed by atoms with Gasteiger partial charge >= 0.3 is 5.97 Å². The topological polar surface area (TPSA) is 69.7 Å². The first-order chi connectivity index (χ1) is 8.11. The number of esters is 1. The lowest BCUT2D eigenvalue weighted by Gasteiger charge is -1.93. The van der Waals surface area contributed by atoms with Gasteiger partial charge in [-0.3, -0.25) is 4.79 Å². The summed E-state index contributed by atoms with van der Waals surface area (Å²) in [5.41, 5.74) is 0. The van der Waals surface area contributed by atoms with E-state index in [1.165, 1.54) is 25.3 Å². The molecule has 0 aliphatic heterocycles. The molecule has 0 radical (unpaired) electrons. The highest BCUT2D eigenvalue weighted by molar-refractivity contribution is 9.10. The highest BCUT2D eigenvalue weighted by Gasteiger charge is 2.19. The van der Waals surface area contributed by atoms with Gasteiger partial charge in [0, 0.05) is 0 Å². The first kappa shape index (κ1) is 11.7. The summed E-state index contributed by atoms with van der Waals surface area (Å²) in [6.45, 7) is 0. The van der Waals surface area contributed by atoms with Crippen molar-refractivity contribution in [1.82, 2.24) is 0 Å². The van der Waals surface area contributed by atoms with Crippen molar-refractivity contribution >= 4 is 27.7 Å². The summed E-state index contributed by atoms with van der Waals surface area (Å²) in [7, 11) is 1.23. The van der Waals surface area contributed by atoms with Gasteiger partial charge in [-0.25, -0.2) is 4.79 Å². The van der Waals surface area contributed by atoms with Crippen molar-refractivity contribution in [2.24, 2.45) is 0 Å². The Kier molecular flexibility index (Phi) is 3.14. The smallest absolute Gasteiger partial charge is 0.373 e. The molecule has 0 aliphatic rings. The molecule has 2 aromatic rings. The van der Waals surface area contributed by atoms with Crippen LogP contribution in [-0.4, -0.2) is 18.9 Å². The van der Waals surface area contributed by atoms with Crippen LogP contribution >= 0.6 is 15.9 Å². The SMILES string of the molecule is COC(=O)c1ccc(C(=O)c2ccc(Br)o2)o1. The van der Waals surface area contributed by atoms with Crippen LogP contribution in [0.25, 0.3) is 0 Å². The van der Waals surface area contributed by atoms with E-state index in [0.29, 0.717) is 4.67 Å². The lowest BCUT2D eigenvalue weighted by Crippen LogP contribution is -2.00. The van der Waals surface area contributed by atoms with E-state index in [-0.39, 0.29) is 17.3 Å². The third-order valence-corrected chi connectivity index (χ3v) is 2.44. The molecular weight excluding hydrogens is 292 g/mol. The van der Waals surface area contributed by atoms with Gasteiger partial charge in [0.15, 0.2) is 16.2 Å². The van der Waals surface area contributed by atoms with Gasteiger partial charge in [-0.1, -0.05) is 0 Å². The third-order valence-electron chi connectivity index (χ3n) is 2.01. The largest absolute Gasteiger partial charge is 0.463 e. The molecule has 17 heavy (non-hydrogen) atoms. The summed E-state index contributed by atoms with van der Waals surface area (Å²) < 4.78 is 15.1. The van der Waals surface area contributed by atoms with Gasteiger partial charge in [-0.05, 0) is 40.2 Å². The second-order valence-electron chi connectivity index (χ2n) is 3.09. The maximum absolute atomic E-state index is 11.8. The molecule has 2 heterocycles. The Bertz CT molecular complexity index is 566. The second kappa shape index (κ2) is 4.58. The highest BCUT2D eigenvalue weighted by Crippen LogP contribution is 2.19. The number of halogens is 1. The fourth-order valence-corrected chi connectivity index (χ4v) is 1.53. The van der Waals surface area contributed by atoms with E-state index in [0.717, 1.165) is 0 Å². The minimum atomic E-state index is -0.635. The lowest BCUT2D eigenvalue weighted by atomic mass is 10.2. The second-order valence-corrected chi connectivity index (χ2v) is 3.87. The van der Waals surface area contributed by atoms with E-state index >= 15 is 0 Å². The molecule has 0 amide bonds. The Morgan fingerprint density at radius 3 is 2.24 bits per heavy atom. The highest BCUT2D eigenvalue weighted by atomic mass is 79.9. The van der Waals surface area contributed by atoms with Gasteiger partial charge in [-0.15, -0.1) is 0 Å². The molecule has 0 atom stereocenters. The Morgan fingerprint density at radius 2 is 1.65 bits per heavy atom. The number of ketones is 1. The van der Waals surface area contributed by atoms with E-state index in [2.05, 4.69) is 20.7 Å². The van der Waals surface area contributed by atoms with Crippen molar-refractivity contribution in [3.05, 3.63) is 46.2 Å². The van der Waals surface area contributed by atoms with Gasteiger partial charge in [0.1, 0.15) is 0 Å². The van der Waals surface area contributed by atoms with Crippen LogP contribution in [0.3, 0.4) is 0 Å². The predicted octanol–water partition coefficient (Wildman–Crippen LogP) is 2.65. The van der Waals surface area contributed by atoms with Crippen molar-refractivity contribution < 1.29 is 23.2 Å². The summed E-state index contributed by atoms with van der Waals surface area (Å²) in [5.74, 6) is -0.952. The quantitative estimate of drug-likeness (QED) is 0.643. The molecule has 5 nitrogen and oxygen atoms in total. The number of ether oxygens (including phenoxy) is 1. The zero-order valence-electron chi connectivity index (χ0n) is 8.73. The summed E-state index contributed by atoms with van der Waals surface area (Å²) in [4.78, 5) is 23.0. The molecule has 88 valence electrons. The molecule has 6 heteroatoms. The maximum atomic E-state index is 11.8. The summed E-state index contributed by atoms with van der Waals surface area (Å²) in [5, 5.41) is 0. The van der Waals surface area contributed by atoms with E-state index in [1.54, 1.807) is 6.07 Å². The summed E-state index contributed by atoms with van der Waals surface area (Å²) in [6.07, 6.45) is 0. The minimum Gasteiger partial charge on any atom is -0.463 e. The van der Waals surface area contributed by atoms with Gasteiger partial charge in [0.2, 0.25) is 5.76 Å². The van der Waals surface area contributed by atoms with Crippen LogP contribution in [0.2, 0.25) is 0 Å². The fraction of sp³-hybridized carbons (Fsp3) is 0.0909. The molecule has 0 bridgehead atoms. The average molecular weight is 299 g/mol. The maximum Gasteiger partial charge on any atom is 0.373 e. The molecule has 0 unspecified atom stereocenters. The van der Waals surface area contributed by atoms with Gasteiger partial charge < -0.3 is 13.6 Å². The van der Waals surface area contributed by atoms with Crippen molar-refractivity contribution in [2.75, 3.05) is 7.11 Å². The third kappa shape index (κ3) is 2.31. The standard InChI is InChI=1S/C11H7BrO5/c1-15-11(14)8-3-2-6(16-8)10(13)7-4-5-9(12)17-7/h2-5H,1H3. The number of furan rings is 2. The fourth-order valence-electron chi connectivity index (χ4n) is 1.23. The van der Waals surface area contributed by atoms with Crippen LogP contribution in [0.4, 0.5) is 0 Å². The van der Waals surface area contributed by atoms with Crippen LogP contribution in [0.1, 0.15) is 26.9 Å². The zero-order valence-corrected chi connectivity index (χ0v) is 10.3. The Morgan fingerprint density at radius 1 is 1.06 bits per heavy atom. The molecular formula is C11H7BrO5. The number of carbonyl (C=O) groups excluding carboxylic acids is 2. The minimum absolute atomic E-state index is 0.0206. The summed E-state index contributed by atoms with van der Waals surface area (Å²) in [6, 6.07) is 5.87. The Hall–Kier alpha value is -1.82. The molecule has 0 saturated carbocycles. The molecule has 0 N–H and O–H groups in total. The number of carbonyl (C=O) groups is 2. The van der Waals surface area contributed by atoms with Crippen molar-refractivity contribution in [1.29, 1.82) is 0 Å². The van der Waals surface area contributed by atoms with Gasteiger partial charge in [-0.2, -0.15) is 0 Å². The molecule has 0 spiro atoms. The van der Waals surface area contributed by atoms with Crippen LogP contribution in [0.5, 0.6) is 0 Å². The van der Waals surface area contributed by atoms with Crippen molar-refractivity contribution in [2.45, 2.75) is 0 Å². The van der Waals surface area contributed by atoms with E-state index < -0.39 is 11.8 Å². The predicted molar refractivity (Wildman–Crippen MR) is 59.9 cm³/mol. The van der Waals surface area contributed by atoms with Crippen molar-refractivity contribution in [3.63, 3.8) is 0 Å². The molecule has 2 aromatic heterocycles. The molecule has 0 fully saturated rings. The first-order valence-electron chi connectivity index (χ1n) is 4.60. The first-order valence-corrected chi connectivity index (χ1v) is 5.39. The number of rotatable bonds is 3. The van der Waals surface area contributed by atoms with Crippen LogP contribution in [0.15, 0.2) is 37.8 Å². The zero-order chi connectivity index (χ0) is 12.4. The molecule has 2 rings (SSSR count). The van der Waals surface area contributed by atoms with Crippen LogP contribution < -0.4 is 0 Å². The lowest BCUT2D eigenvalue weighted by molar-refractivity contribution is 0.0563. The normalized spacial score (nSPS) is 10.2. The van der Waals surface area contributed by atoms with Crippen molar-refractivity contribution in [3.8, 4) is 0 Å². The van der Waals surface area contributed by atoms with Gasteiger partial charge in [0.25, 0.3) is 5.78 Å². The molecule has 0 saturated heterocycles. The Balaban J connectivity index is 2.26. The monoisotopic (exact) mass is 298 g/mol. The van der Waals surface area contributed by atoms with Gasteiger partial charge in [0.05, 0.1) is 7.11 Å². The number of hydrogen-bond donors (Lipinski definition) is 0. The van der Waals surface area contributed by atoms with E-state index in [1.807, 2.05) is 0 Å². The van der Waals surface area contributed by atoms with Crippen LogP contribution in [0, 0.1) is 0 Å².